The van der Waals surface area contributed by atoms with Crippen LogP contribution in [-0.4, -0.2) is 39.6 Å². The first-order chi connectivity index (χ1) is 11.5. The molecule has 1 aliphatic heterocycles. The maximum atomic E-state index is 12.5. The maximum Gasteiger partial charge on any atom is 0.248 e. The Morgan fingerprint density at radius 2 is 2.12 bits per heavy atom. The number of amides is 2. The molecule has 1 aromatic heterocycles. The Balaban J connectivity index is 1.60. The zero-order valence-corrected chi connectivity index (χ0v) is 13.8. The highest BCUT2D eigenvalue weighted by Gasteiger charge is 2.27. The summed E-state index contributed by atoms with van der Waals surface area (Å²) in [6.45, 7) is 1.52. The predicted octanol–water partition coefficient (Wildman–Crippen LogP) is 1.15. The molecule has 0 bridgehead atoms. The molecular formula is C18H22N4O2. The second-order valence-corrected chi connectivity index (χ2v) is 6.42. The molecule has 1 saturated heterocycles. The largest absolute Gasteiger partial charge is 0.366 e. The fraction of sp³-hybridized carbons (Fsp3) is 0.389. The van der Waals surface area contributed by atoms with Crippen molar-refractivity contribution in [1.82, 2.24) is 14.7 Å². The first-order valence-electron chi connectivity index (χ1n) is 8.16. The number of aromatic nitrogens is 2. The van der Waals surface area contributed by atoms with Crippen LogP contribution in [0.1, 0.15) is 27.9 Å². The van der Waals surface area contributed by atoms with Crippen molar-refractivity contribution in [3.8, 4) is 0 Å². The molecule has 0 aliphatic carbocycles. The number of hydrogen-bond donors (Lipinski definition) is 1. The van der Waals surface area contributed by atoms with Crippen LogP contribution in [-0.2, 0) is 24.7 Å². The van der Waals surface area contributed by atoms with Crippen molar-refractivity contribution in [2.75, 3.05) is 13.1 Å². The van der Waals surface area contributed by atoms with E-state index in [9.17, 15) is 9.59 Å². The van der Waals surface area contributed by atoms with Gasteiger partial charge in [0.25, 0.3) is 0 Å². The van der Waals surface area contributed by atoms with Crippen LogP contribution in [0, 0.1) is 5.92 Å². The van der Waals surface area contributed by atoms with E-state index in [4.69, 9.17) is 5.73 Å². The van der Waals surface area contributed by atoms with Crippen molar-refractivity contribution in [1.29, 1.82) is 0 Å². The number of benzene rings is 1. The van der Waals surface area contributed by atoms with Crippen LogP contribution in [0.4, 0.5) is 0 Å². The number of aryl methyl sites for hydroxylation is 1. The smallest absolute Gasteiger partial charge is 0.248 e. The fourth-order valence-electron chi connectivity index (χ4n) is 3.33. The Bertz CT molecular complexity index is 753. The average Bonchev–Trinajstić information content (AvgIpc) is 3.17. The molecule has 1 atom stereocenters. The Labute approximate surface area is 141 Å². The first-order valence-corrected chi connectivity index (χ1v) is 8.16. The SMILES string of the molecule is Cn1cc(CC2CCN(C(=O)Cc3ccccc3C(N)=O)C2)cn1. The van der Waals surface area contributed by atoms with Gasteiger partial charge in [-0.2, -0.15) is 5.10 Å². The van der Waals surface area contributed by atoms with E-state index in [0.29, 0.717) is 17.0 Å². The van der Waals surface area contributed by atoms with Crippen LogP contribution in [0.25, 0.3) is 0 Å². The molecule has 0 spiro atoms. The molecular weight excluding hydrogens is 304 g/mol. The van der Waals surface area contributed by atoms with Gasteiger partial charge < -0.3 is 10.6 Å². The molecule has 0 radical (unpaired) electrons. The lowest BCUT2D eigenvalue weighted by Crippen LogP contribution is -2.31. The molecule has 1 aliphatic rings. The third-order valence-electron chi connectivity index (χ3n) is 4.55. The van der Waals surface area contributed by atoms with Crippen LogP contribution < -0.4 is 5.73 Å². The minimum Gasteiger partial charge on any atom is -0.366 e. The molecule has 24 heavy (non-hydrogen) atoms. The summed E-state index contributed by atoms with van der Waals surface area (Å²) < 4.78 is 1.80. The minimum atomic E-state index is -0.491. The molecule has 6 heteroatoms. The number of primary amides is 1. The van der Waals surface area contributed by atoms with E-state index < -0.39 is 5.91 Å². The van der Waals surface area contributed by atoms with Crippen LogP contribution >= 0.6 is 0 Å². The van der Waals surface area contributed by atoms with Gasteiger partial charge in [0.15, 0.2) is 0 Å². The highest BCUT2D eigenvalue weighted by molar-refractivity contribution is 5.95. The normalized spacial score (nSPS) is 17.2. The zero-order valence-electron chi connectivity index (χ0n) is 13.8. The molecule has 1 unspecified atom stereocenters. The number of carbonyl (C=O) groups excluding carboxylic acids is 2. The Morgan fingerprint density at radius 3 is 2.83 bits per heavy atom. The minimum absolute atomic E-state index is 0.0531. The maximum absolute atomic E-state index is 12.5. The van der Waals surface area contributed by atoms with E-state index in [-0.39, 0.29) is 12.3 Å². The Kier molecular flexibility index (Phi) is 4.64. The number of nitrogens with zero attached hydrogens (tertiary/aromatic N) is 3. The van der Waals surface area contributed by atoms with Gasteiger partial charge in [-0.05, 0) is 36.0 Å². The lowest BCUT2D eigenvalue weighted by molar-refractivity contribution is -0.129. The van der Waals surface area contributed by atoms with Crippen LogP contribution in [0.5, 0.6) is 0 Å². The summed E-state index contributed by atoms with van der Waals surface area (Å²) in [7, 11) is 1.91. The molecule has 1 fully saturated rings. The number of carbonyl (C=O) groups is 2. The summed E-state index contributed by atoms with van der Waals surface area (Å²) in [4.78, 5) is 25.9. The average molecular weight is 326 g/mol. The summed E-state index contributed by atoms with van der Waals surface area (Å²) in [6.07, 6.45) is 6.06. The summed E-state index contributed by atoms with van der Waals surface area (Å²) in [5.74, 6) is 0.0243. The quantitative estimate of drug-likeness (QED) is 0.895. The first kappa shape index (κ1) is 16.2. The van der Waals surface area contributed by atoms with E-state index in [2.05, 4.69) is 5.10 Å². The van der Waals surface area contributed by atoms with E-state index in [1.54, 1.807) is 22.9 Å². The number of hydrogen-bond acceptors (Lipinski definition) is 3. The standard InChI is InChI=1S/C18H22N4O2/c1-21-11-14(10-20-21)8-13-6-7-22(12-13)17(23)9-15-4-2-3-5-16(15)18(19)24/h2-5,10-11,13H,6-9,12H2,1H3,(H2,19,24). The van der Waals surface area contributed by atoms with Crippen LogP contribution in [0.3, 0.4) is 0 Å². The summed E-state index contributed by atoms with van der Waals surface area (Å²) in [5, 5.41) is 4.19. The molecule has 2 N–H and O–H groups in total. The molecule has 0 saturated carbocycles. The third-order valence-corrected chi connectivity index (χ3v) is 4.55. The van der Waals surface area contributed by atoms with Crippen molar-refractivity contribution in [2.45, 2.75) is 19.3 Å². The van der Waals surface area contributed by atoms with Gasteiger partial charge >= 0.3 is 0 Å². The van der Waals surface area contributed by atoms with E-state index in [0.717, 1.165) is 25.9 Å². The second-order valence-electron chi connectivity index (χ2n) is 6.42. The summed E-state index contributed by atoms with van der Waals surface area (Å²) in [5.41, 5.74) is 7.71. The molecule has 3 rings (SSSR count). The summed E-state index contributed by atoms with van der Waals surface area (Å²) >= 11 is 0. The van der Waals surface area contributed by atoms with Gasteiger partial charge in [-0.25, -0.2) is 0 Å². The van der Waals surface area contributed by atoms with Crippen molar-refractivity contribution in [2.24, 2.45) is 18.7 Å². The highest BCUT2D eigenvalue weighted by atomic mass is 16.2. The van der Waals surface area contributed by atoms with Crippen molar-refractivity contribution >= 4 is 11.8 Å². The Hall–Kier alpha value is -2.63. The molecule has 2 heterocycles. The molecule has 6 nitrogen and oxygen atoms in total. The predicted molar refractivity (Wildman–Crippen MR) is 90.3 cm³/mol. The van der Waals surface area contributed by atoms with Crippen molar-refractivity contribution in [3.63, 3.8) is 0 Å². The van der Waals surface area contributed by atoms with Gasteiger partial charge in [-0.3, -0.25) is 14.3 Å². The molecule has 2 aromatic rings. The molecule has 2 amide bonds. The van der Waals surface area contributed by atoms with Crippen molar-refractivity contribution < 1.29 is 9.59 Å². The Morgan fingerprint density at radius 1 is 1.33 bits per heavy atom. The molecule has 126 valence electrons. The highest BCUT2D eigenvalue weighted by Crippen LogP contribution is 2.22. The number of rotatable bonds is 5. The van der Waals surface area contributed by atoms with Gasteiger partial charge in [0.05, 0.1) is 12.6 Å². The van der Waals surface area contributed by atoms with Crippen LogP contribution in [0.2, 0.25) is 0 Å². The summed E-state index contributed by atoms with van der Waals surface area (Å²) in [6, 6.07) is 7.04. The van der Waals surface area contributed by atoms with Gasteiger partial charge in [0.1, 0.15) is 0 Å². The second kappa shape index (κ2) is 6.86. The van der Waals surface area contributed by atoms with Crippen molar-refractivity contribution in [3.05, 3.63) is 53.3 Å². The third kappa shape index (κ3) is 3.64. The van der Waals surface area contributed by atoms with Crippen LogP contribution in [0.15, 0.2) is 36.7 Å². The molecule has 1 aromatic carbocycles. The topological polar surface area (TPSA) is 81.2 Å². The number of likely N-dealkylation sites (tertiary alicyclic amines) is 1. The van der Waals surface area contributed by atoms with Gasteiger partial charge in [0.2, 0.25) is 11.8 Å². The zero-order chi connectivity index (χ0) is 17.1. The van der Waals surface area contributed by atoms with E-state index in [1.165, 1.54) is 5.56 Å². The van der Waals surface area contributed by atoms with E-state index >= 15 is 0 Å². The lowest BCUT2D eigenvalue weighted by Gasteiger charge is -2.17. The fourth-order valence-corrected chi connectivity index (χ4v) is 3.33. The number of nitrogens with two attached hydrogens (primary N) is 1. The van der Waals surface area contributed by atoms with Gasteiger partial charge in [-0.15, -0.1) is 0 Å². The van der Waals surface area contributed by atoms with Gasteiger partial charge in [0, 0.05) is 31.9 Å². The lowest BCUT2D eigenvalue weighted by atomic mass is 10.0. The van der Waals surface area contributed by atoms with Gasteiger partial charge in [-0.1, -0.05) is 18.2 Å². The monoisotopic (exact) mass is 326 g/mol. The van der Waals surface area contributed by atoms with E-state index in [1.807, 2.05) is 30.4 Å².